The molecule has 0 aliphatic rings. The summed E-state index contributed by atoms with van der Waals surface area (Å²) >= 11 is 0. The molecule has 0 rings (SSSR count). The van der Waals surface area contributed by atoms with Crippen molar-refractivity contribution in [2.75, 3.05) is 0 Å². The maximum absolute atomic E-state index is 9.10. The average molecular weight is 294 g/mol. The Hall–Kier alpha value is -1.11. The maximum atomic E-state index is 9.10. The number of hydrogen-bond acceptors (Lipinski definition) is 4. The number of hydrogen-bond donors (Lipinski definition) is 4. The van der Waals surface area contributed by atoms with E-state index in [-0.39, 0.29) is 33.6 Å². The van der Waals surface area contributed by atoms with Gasteiger partial charge in [0.1, 0.15) is 0 Å². The minimum absolute atomic E-state index is 0. The largest absolute Gasteiger partial charge is 0.473 e. The Morgan fingerprint density at radius 3 is 0.643 bits per heavy atom. The van der Waals surface area contributed by atoms with Crippen molar-refractivity contribution in [1.82, 2.24) is 0 Å². The van der Waals surface area contributed by atoms with Crippen molar-refractivity contribution in [3.05, 3.63) is 0 Å². The summed E-state index contributed by atoms with van der Waals surface area (Å²) in [5.41, 5.74) is 0. The third kappa shape index (κ3) is 22.4. The van der Waals surface area contributed by atoms with Gasteiger partial charge in [-0.3, -0.25) is 0 Å². The number of carbonyl (C=O) groups is 4. The second-order valence-electron chi connectivity index (χ2n) is 1.22. The Balaban J connectivity index is -0.0000000625. The van der Waals surface area contributed by atoms with Crippen molar-refractivity contribution in [1.29, 1.82) is 0 Å². The fourth-order valence-corrected chi connectivity index (χ4v) is 0. The van der Waals surface area contributed by atoms with Crippen molar-refractivity contribution < 1.29 is 73.2 Å². The molecule has 4 N–H and O–H groups in total. The van der Waals surface area contributed by atoms with Crippen molar-refractivity contribution in [2.24, 2.45) is 0 Å². The Bertz CT molecular complexity index is 177. The van der Waals surface area contributed by atoms with Crippen LogP contribution in [0.15, 0.2) is 0 Å². The van der Waals surface area contributed by atoms with Crippen LogP contribution < -0.4 is 0 Å². The van der Waals surface area contributed by atoms with Crippen LogP contribution >= 0.6 is 0 Å². The Morgan fingerprint density at radius 1 is 0.571 bits per heavy atom. The van der Waals surface area contributed by atoms with E-state index in [2.05, 4.69) is 0 Å². The topological polar surface area (TPSA) is 149 Å². The standard InChI is InChI=1S/2C2H2O4.Mn.Ni/c2*3-1(4)2(5)6;;/h2*(H,3,4)(H,5,6);;. The zero-order valence-electron chi connectivity index (χ0n) is 6.12. The third-order valence-electron chi connectivity index (χ3n) is 0.366. The zero-order chi connectivity index (χ0) is 10.3. The molecule has 0 aromatic heterocycles. The molecule has 0 fully saturated rings. The molecular weight excluding hydrogens is 290 g/mol. The number of rotatable bonds is 0. The van der Waals surface area contributed by atoms with Crippen molar-refractivity contribution in [3.63, 3.8) is 0 Å². The van der Waals surface area contributed by atoms with Crippen LogP contribution in [0.4, 0.5) is 0 Å². The van der Waals surface area contributed by atoms with Gasteiger partial charge in [-0.05, 0) is 0 Å². The van der Waals surface area contributed by atoms with Gasteiger partial charge >= 0.3 is 23.9 Å². The molecule has 0 bridgehead atoms. The van der Waals surface area contributed by atoms with Crippen LogP contribution in [0.3, 0.4) is 0 Å². The fourth-order valence-electron chi connectivity index (χ4n) is 0. The van der Waals surface area contributed by atoms with E-state index in [1.807, 2.05) is 0 Å². The second-order valence-corrected chi connectivity index (χ2v) is 1.22. The van der Waals surface area contributed by atoms with Gasteiger partial charge in [0.25, 0.3) is 0 Å². The van der Waals surface area contributed by atoms with Crippen LogP contribution in [0.2, 0.25) is 0 Å². The molecule has 0 heterocycles. The Kier molecular flexibility index (Phi) is 19.6. The van der Waals surface area contributed by atoms with Crippen LogP contribution in [-0.4, -0.2) is 44.3 Å². The van der Waals surface area contributed by atoms with Gasteiger partial charge in [0.2, 0.25) is 0 Å². The SMILES string of the molecule is O=C(O)C(=O)O.O=C(O)C(=O)O.[Mn].[Ni]. The first kappa shape index (κ1) is 23.1. The molecule has 0 saturated heterocycles. The predicted octanol–water partition coefficient (Wildman–Crippen LogP) is -1.69. The maximum Gasteiger partial charge on any atom is 0.414 e. The second kappa shape index (κ2) is 11.9. The number of carboxylic acid groups (broad SMARTS) is 4. The molecule has 0 aromatic rings. The molecule has 14 heavy (non-hydrogen) atoms. The summed E-state index contributed by atoms with van der Waals surface area (Å²) in [6.07, 6.45) is 0. The van der Waals surface area contributed by atoms with Crippen LogP contribution in [0.1, 0.15) is 0 Å². The van der Waals surface area contributed by atoms with Crippen molar-refractivity contribution >= 4 is 23.9 Å². The number of carboxylic acids is 4. The monoisotopic (exact) mass is 293 g/mol. The van der Waals surface area contributed by atoms with E-state index < -0.39 is 23.9 Å². The van der Waals surface area contributed by atoms with Gasteiger partial charge in [0.15, 0.2) is 0 Å². The molecule has 0 spiro atoms. The summed E-state index contributed by atoms with van der Waals surface area (Å²) in [6, 6.07) is 0. The van der Waals surface area contributed by atoms with Gasteiger partial charge in [-0.25, -0.2) is 19.2 Å². The summed E-state index contributed by atoms with van der Waals surface area (Å²) < 4.78 is 0. The third-order valence-corrected chi connectivity index (χ3v) is 0.366. The van der Waals surface area contributed by atoms with E-state index in [4.69, 9.17) is 39.6 Å². The van der Waals surface area contributed by atoms with Crippen molar-refractivity contribution in [3.8, 4) is 0 Å². The fraction of sp³-hybridized carbons (Fsp3) is 0. The Labute approximate surface area is 97.3 Å². The molecule has 8 nitrogen and oxygen atoms in total. The zero-order valence-corrected chi connectivity index (χ0v) is 8.28. The van der Waals surface area contributed by atoms with E-state index in [1.54, 1.807) is 0 Å². The van der Waals surface area contributed by atoms with Gasteiger partial charge in [0.05, 0.1) is 0 Å². The average Bonchev–Trinajstić information content (AvgIpc) is 1.88. The summed E-state index contributed by atoms with van der Waals surface area (Å²) in [5.74, 6) is -7.30. The summed E-state index contributed by atoms with van der Waals surface area (Å²) in [5, 5.41) is 29.6. The number of aliphatic carboxylic acids is 4. The minimum atomic E-state index is -1.82. The van der Waals surface area contributed by atoms with Gasteiger partial charge in [-0.2, -0.15) is 0 Å². The van der Waals surface area contributed by atoms with E-state index in [0.717, 1.165) is 0 Å². The first-order valence-electron chi connectivity index (χ1n) is 2.21. The van der Waals surface area contributed by atoms with E-state index >= 15 is 0 Å². The van der Waals surface area contributed by atoms with E-state index in [9.17, 15) is 0 Å². The molecule has 1 radical (unpaired) electrons. The smallest absolute Gasteiger partial charge is 0.414 e. The van der Waals surface area contributed by atoms with Gasteiger partial charge in [-0.15, -0.1) is 0 Å². The molecule has 0 unspecified atom stereocenters. The Morgan fingerprint density at radius 2 is 0.643 bits per heavy atom. The van der Waals surface area contributed by atoms with Crippen LogP contribution in [0, 0.1) is 0 Å². The molecule has 0 saturated carbocycles. The van der Waals surface area contributed by atoms with Crippen LogP contribution in [0.5, 0.6) is 0 Å². The quantitative estimate of drug-likeness (QED) is 0.305. The molecule has 0 aliphatic carbocycles. The summed E-state index contributed by atoms with van der Waals surface area (Å²) in [6.45, 7) is 0. The van der Waals surface area contributed by atoms with E-state index in [0.29, 0.717) is 0 Å². The van der Waals surface area contributed by atoms with Gasteiger partial charge in [-0.1, -0.05) is 0 Å². The predicted molar refractivity (Wildman–Crippen MR) is 30.5 cm³/mol. The summed E-state index contributed by atoms with van der Waals surface area (Å²) in [4.78, 5) is 36.4. The normalized spacial score (nSPS) is 6.29. The van der Waals surface area contributed by atoms with E-state index in [1.165, 1.54) is 0 Å². The molecule has 0 aliphatic heterocycles. The first-order valence-corrected chi connectivity index (χ1v) is 2.21. The van der Waals surface area contributed by atoms with Crippen LogP contribution in [-0.2, 0) is 52.7 Å². The molecule has 0 atom stereocenters. The molecular formula is C4H4MnNiO8. The summed E-state index contributed by atoms with van der Waals surface area (Å²) in [7, 11) is 0. The van der Waals surface area contributed by atoms with Crippen molar-refractivity contribution in [2.45, 2.75) is 0 Å². The van der Waals surface area contributed by atoms with Gasteiger partial charge in [0, 0.05) is 33.6 Å². The van der Waals surface area contributed by atoms with Crippen LogP contribution in [0.25, 0.3) is 0 Å². The molecule has 0 amide bonds. The minimum Gasteiger partial charge on any atom is -0.473 e. The first-order chi connectivity index (χ1) is 5.29. The molecule has 85 valence electrons. The molecule has 10 heteroatoms. The molecule has 0 aromatic carbocycles. The van der Waals surface area contributed by atoms with Gasteiger partial charge < -0.3 is 20.4 Å².